The molecular weight excluding hydrogens is 432 g/mol. The van der Waals surface area contributed by atoms with Gasteiger partial charge >= 0.3 is 0 Å². The lowest BCUT2D eigenvalue weighted by molar-refractivity contribution is -0.384. The summed E-state index contributed by atoms with van der Waals surface area (Å²) in [6.07, 6.45) is 0.203. The first-order valence-electron chi connectivity index (χ1n) is 10.6. The molecule has 0 aromatic heterocycles. The smallest absolute Gasteiger partial charge is 0.294 e. The number of hydrogen-bond acceptors (Lipinski definition) is 5. The summed E-state index contributed by atoms with van der Waals surface area (Å²) in [6, 6.07) is 10.5. The third kappa shape index (κ3) is 4.14. The lowest BCUT2D eigenvalue weighted by Crippen LogP contribution is -2.50. The molecule has 0 spiro atoms. The van der Waals surface area contributed by atoms with Crippen LogP contribution in [0.3, 0.4) is 0 Å². The monoisotopic (exact) mass is 456 g/mol. The molecule has 4 rings (SSSR count). The number of nitrogens with zero attached hydrogens (tertiary/aromatic N) is 4. The number of halogens is 1. The minimum Gasteiger partial charge on any atom is -0.362 e. The Balaban J connectivity index is 1.42. The van der Waals surface area contributed by atoms with Crippen LogP contribution in [0.2, 0.25) is 5.02 Å². The molecule has 0 aliphatic carbocycles. The van der Waals surface area contributed by atoms with Gasteiger partial charge in [0.05, 0.1) is 10.8 Å². The van der Waals surface area contributed by atoms with Crippen molar-refractivity contribution in [3.05, 3.63) is 62.7 Å². The van der Waals surface area contributed by atoms with Crippen molar-refractivity contribution in [3.8, 4) is 0 Å². The minimum atomic E-state index is -0.440. The van der Waals surface area contributed by atoms with Crippen molar-refractivity contribution in [1.82, 2.24) is 4.90 Å². The van der Waals surface area contributed by atoms with Crippen molar-refractivity contribution in [2.75, 3.05) is 42.5 Å². The summed E-state index contributed by atoms with van der Waals surface area (Å²) in [5, 5.41) is 11.7. The van der Waals surface area contributed by atoms with Crippen molar-refractivity contribution in [1.29, 1.82) is 0 Å². The van der Waals surface area contributed by atoms with Crippen LogP contribution in [-0.4, -0.2) is 54.4 Å². The summed E-state index contributed by atoms with van der Waals surface area (Å²) in [4.78, 5) is 42.2. The van der Waals surface area contributed by atoms with E-state index in [1.807, 2.05) is 36.9 Å². The second-order valence-electron chi connectivity index (χ2n) is 8.33. The summed E-state index contributed by atoms with van der Waals surface area (Å²) < 4.78 is 0. The van der Waals surface area contributed by atoms with Crippen molar-refractivity contribution >= 4 is 40.5 Å². The largest absolute Gasteiger partial charge is 0.362 e. The van der Waals surface area contributed by atoms with Crippen LogP contribution >= 0.6 is 11.6 Å². The predicted octanol–water partition coefficient (Wildman–Crippen LogP) is 3.57. The standard InChI is InChI=1S/C23H25ClN4O4/c1-15-4-3-5-19(16(15)2)27-14-17(12-22(27)29)23(30)26-10-8-25(9-11-26)20-7-6-18(24)13-21(20)28(31)32/h3-7,13,17H,8-12,14H2,1-2H3. The average molecular weight is 457 g/mol. The van der Waals surface area contributed by atoms with E-state index in [0.717, 1.165) is 16.8 Å². The highest BCUT2D eigenvalue weighted by Crippen LogP contribution is 2.33. The average Bonchev–Trinajstić information content (AvgIpc) is 3.16. The molecule has 168 valence electrons. The van der Waals surface area contributed by atoms with Crippen LogP contribution in [-0.2, 0) is 9.59 Å². The van der Waals surface area contributed by atoms with E-state index in [9.17, 15) is 19.7 Å². The maximum absolute atomic E-state index is 13.1. The zero-order valence-electron chi connectivity index (χ0n) is 18.1. The Morgan fingerprint density at radius 3 is 2.50 bits per heavy atom. The van der Waals surface area contributed by atoms with Crippen LogP contribution in [0.25, 0.3) is 0 Å². The first-order valence-corrected chi connectivity index (χ1v) is 11.0. The molecule has 2 aliphatic heterocycles. The van der Waals surface area contributed by atoms with Gasteiger partial charge in [0.15, 0.2) is 0 Å². The summed E-state index contributed by atoms with van der Waals surface area (Å²) >= 11 is 5.92. The van der Waals surface area contributed by atoms with Crippen LogP contribution in [0, 0.1) is 29.9 Å². The molecule has 8 nitrogen and oxygen atoms in total. The van der Waals surface area contributed by atoms with Crippen molar-refractivity contribution < 1.29 is 14.5 Å². The van der Waals surface area contributed by atoms with E-state index in [0.29, 0.717) is 43.4 Å². The molecule has 9 heteroatoms. The molecule has 2 aliphatic rings. The van der Waals surface area contributed by atoms with Crippen LogP contribution in [0.5, 0.6) is 0 Å². The van der Waals surface area contributed by atoms with Crippen LogP contribution in [0.15, 0.2) is 36.4 Å². The molecule has 2 heterocycles. The van der Waals surface area contributed by atoms with Gasteiger partial charge < -0.3 is 14.7 Å². The molecule has 0 saturated carbocycles. The maximum atomic E-state index is 13.1. The summed E-state index contributed by atoms with van der Waals surface area (Å²) in [6.45, 7) is 6.24. The molecule has 2 aromatic rings. The summed E-state index contributed by atoms with van der Waals surface area (Å²) in [5.41, 5.74) is 3.49. The molecule has 1 unspecified atom stereocenters. The number of nitro benzene ring substituents is 1. The fourth-order valence-corrected chi connectivity index (χ4v) is 4.64. The Kier molecular flexibility index (Phi) is 6.06. The zero-order valence-corrected chi connectivity index (χ0v) is 18.8. The molecule has 1 atom stereocenters. The van der Waals surface area contributed by atoms with E-state index < -0.39 is 4.92 Å². The van der Waals surface area contributed by atoms with Gasteiger partial charge in [0.2, 0.25) is 11.8 Å². The quantitative estimate of drug-likeness (QED) is 0.518. The second kappa shape index (κ2) is 8.78. The van der Waals surface area contributed by atoms with E-state index in [4.69, 9.17) is 11.6 Å². The van der Waals surface area contributed by atoms with Crippen LogP contribution < -0.4 is 9.80 Å². The minimum absolute atomic E-state index is 0.0311. The molecule has 2 fully saturated rings. The van der Waals surface area contributed by atoms with Gasteiger partial charge in [-0.05, 0) is 43.2 Å². The number of nitro groups is 1. The number of amides is 2. The van der Waals surface area contributed by atoms with Crippen molar-refractivity contribution in [2.45, 2.75) is 20.3 Å². The third-order valence-corrected chi connectivity index (χ3v) is 6.64. The Morgan fingerprint density at radius 1 is 1.09 bits per heavy atom. The number of carbonyl (C=O) groups is 2. The number of rotatable bonds is 4. The van der Waals surface area contributed by atoms with Gasteiger partial charge in [0.25, 0.3) is 5.69 Å². The van der Waals surface area contributed by atoms with Crippen LogP contribution in [0.1, 0.15) is 17.5 Å². The third-order valence-electron chi connectivity index (χ3n) is 6.41. The maximum Gasteiger partial charge on any atom is 0.294 e. The molecular formula is C23H25ClN4O4. The summed E-state index contributed by atoms with van der Waals surface area (Å²) in [5.74, 6) is -0.442. The van der Waals surface area contributed by atoms with E-state index >= 15 is 0 Å². The topological polar surface area (TPSA) is 87.0 Å². The number of benzene rings is 2. The van der Waals surface area contributed by atoms with Gasteiger partial charge in [-0.1, -0.05) is 23.7 Å². The van der Waals surface area contributed by atoms with Crippen molar-refractivity contribution in [3.63, 3.8) is 0 Å². The van der Waals surface area contributed by atoms with E-state index in [-0.39, 0.29) is 29.8 Å². The molecule has 0 radical (unpaired) electrons. The predicted molar refractivity (Wildman–Crippen MR) is 123 cm³/mol. The number of hydrogen-bond donors (Lipinski definition) is 0. The molecule has 0 bridgehead atoms. The van der Waals surface area contributed by atoms with E-state index in [2.05, 4.69) is 0 Å². The number of aryl methyl sites for hydroxylation is 1. The van der Waals surface area contributed by atoms with Crippen molar-refractivity contribution in [2.24, 2.45) is 5.92 Å². The zero-order chi connectivity index (χ0) is 23.0. The lowest BCUT2D eigenvalue weighted by Gasteiger charge is -2.36. The summed E-state index contributed by atoms with van der Waals surface area (Å²) in [7, 11) is 0. The molecule has 2 amide bonds. The SMILES string of the molecule is Cc1cccc(N2CC(C(=O)N3CCN(c4ccc(Cl)cc4[N+](=O)[O-])CC3)CC2=O)c1C. The van der Waals surface area contributed by atoms with Gasteiger partial charge in [-0.2, -0.15) is 0 Å². The number of carbonyl (C=O) groups excluding carboxylic acids is 2. The second-order valence-corrected chi connectivity index (χ2v) is 8.76. The van der Waals surface area contributed by atoms with Gasteiger partial charge in [-0.15, -0.1) is 0 Å². The Bertz CT molecular complexity index is 1080. The van der Waals surface area contributed by atoms with Crippen LogP contribution in [0.4, 0.5) is 17.1 Å². The normalized spacial score (nSPS) is 18.9. The number of piperazine rings is 1. The van der Waals surface area contributed by atoms with Gasteiger partial charge in [0, 0.05) is 55.9 Å². The fourth-order valence-electron chi connectivity index (χ4n) is 4.47. The Hall–Kier alpha value is -3.13. The number of anilines is 2. The highest BCUT2D eigenvalue weighted by Gasteiger charge is 2.38. The van der Waals surface area contributed by atoms with Gasteiger partial charge in [0.1, 0.15) is 5.69 Å². The Labute approximate surface area is 191 Å². The first kappa shape index (κ1) is 22.1. The van der Waals surface area contributed by atoms with Gasteiger partial charge in [-0.3, -0.25) is 19.7 Å². The molecule has 32 heavy (non-hydrogen) atoms. The highest BCUT2D eigenvalue weighted by atomic mass is 35.5. The van der Waals surface area contributed by atoms with Gasteiger partial charge in [-0.25, -0.2) is 0 Å². The molecule has 0 N–H and O–H groups in total. The molecule has 2 saturated heterocycles. The molecule has 2 aromatic carbocycles. The highest BCUT2D eigenvalue weighted by molar-refractivity contribution is 6.30. The Morgan fingerprint density at radius 2 is 1.81 bits per heavy atom. The van der Waals surface area contributed by atoms with E-state index in [1.165, 1.54) is 6.07 Å². The first-order chi connectivity index (χ1) is 15.3. The fraction of sp³-hybridized carbons (Fsp3) is 0.391. The lowest BCUT2D eigenvalue weighted by atomic mass is 10.1. The van der Waals surface area contributed by atoms with E-state index in [1.54, 1.807) is 21.9 Å².